The van der Waals surface area contributed by atoms with Crippen LogP contribution in [0.2, 0.25) is 5.02 Å². The fraction of sp³-hybridized carbons (Fsp3) is 0.0435. The van der Waals surface area contributed by atoms with E-state index < -0.39 is 17.4 Å². The molecule has 0 aliphatic carbocycles. The summed E-state index contributed by atoms with van der Waals surface area (Å²) in [6, 6.07) is 17.3. The van der Waals surface area contributed by atoms with Gasteiger partial charge in [-0.1, -0.05) is 29.8 Å². The number of methoxy groups -OCH3 is 1. The summed E-state index contributed by atoms with van der Waals surface area (Å²) >= 11 is 7.49. The second kappa shape index (κ2) is 8.34. The maximum absolute atomic E-state index is 13.8. The molecule has 0 saturated heterocycles. The van der Waals surface area contributed by atoms with Crippen molar-refractivity contribution < 1.29 is 18.3 Å². The summed E-state index contributed by atoms with van der Waals surface area (Å²) in [5.41, 5.74) is 2.03. The number of ether oxygens (including phenoxy) is 1. The van der Waals surface area contributed by atoms with Crippen LogP contribution in [0, 0.1) is 11.6 Å². The standard InChI is InChI=1S/C23H14ClF2NO2S/c1-29-15-9-6-13(7-10-15)23-20(22(28)14-8-11-18(25)19(26)12-14)21(27-30-23)16-4-2-3-5-17(16)24/h2-12H,1H3. The van der Waals surface area contributed by atoms with E-state index in [1.807, 2.05) is 12.1 Å². The molecule has 3 aromatic carbocycles. The highest BCUT2D eigenvalue weighted by Crippen LogP contribution is 2.39. The van der Waals surface area contributed by atoms with Gasteiger partial charge < -0.3 is 4.74 Å². The lowest BCUT2D eigenvalue weighted by Crippen LogP contribution is -2.05. The largest absolute Gasteiger partial charge is 0.497 e. The zero-order valence-electron chi connectivity index (χ0n) is 15.7. The highest BCUT2D eigenvalue weighted by molar-refractivity contribution is 7.10. The maximum Gasteiger partial charge on any atom is 0.196 e. The molecule has 0 saturated carbocycles. The van der Waals surface area contributed by atoms with E-state index in [4.69, 9.17) is 16.3 Å². The first kappa shape index (κ1) is 20.2. The molecule has 4 rings (SSSR count). The smallest absolute Gasteiger partial charge is 0.196 e. The Hall–Kier alpha value is -3.09. The average molecular weight is 442 g/mol. The van der Waals surface area contributed by atoms with Gasteiger partial charge in [0.1, 0.15) is 5.75 Å². The topological polar surface area (TPSA) is 39.2 Å². The Bertz CT molecular complexity index is 1240. The van der Waals surface area contributed by atoms with Crippen LogP contribution in [-0.2, 0) is 0 Å². The third-order valence-electron chi connectivity index (χ3n) is 4.58. The molecule has 3 nitrogen and oxygen atoms in total. The van der Waals surface area contributed by atoms with Gasteiger partial charge in [0.25, 0.3) is 0 Å². The van der Waals surface area contributed by atoms with Crippen molar-refractivity contribution in [3.8, 4) is 27.4 Å². The van der Waals surface area contributed by atoms with E-state index in [0.29, 0.717) is 26.9 Å². The maximum atomic E-state index is 13.8. The van der Waals surface area contributed by atoms with Crippen molar-refractivity contribution in [1.29, 1.82) is 0 Å². The van der Waals surface area contributed by atoms with Crippen LogP contribution in [-0.4, -0.2) is 17.3 Å². The van der Waals surface area contributed by atoms with Gasteiger partial charge in [0.2, 0.25) is 0 Å². The number of rotatable bonds is 5. The van der Waals surface area contributed by atoms with Crippen LogP contribution in [0.4, 0.5) is 8.78 Å². The van der Waals surface area contributed by atoms with E-state index in [0.717, 1.165) is 29.2 Å². The number of halogens is 3. The van der Waals surface area contributed by atoms with Crippen molar-refractivity contribution in [2.75, 3.05) is 7.11 Å². The monoisotopic (exact) mass is 441 g/mol. The van der Waals surface area contributed by atoms with E-state index in [2.05, 4.69) is 4.37 Å². The zero-order valence-corrected chi connectivity index (χ0v) is 17.2. The number of aromatic nitrogens is 1. The van der Waals surface area contributed by atoms with Crippen LogP contribution in [0.5, 0.6) is 5.75 Å². The molecule has 0 N–H and O–H groups in total. The Morgan fingerprint density at radius 1 is 1.00 bits per heavy atom. The molecule has 7 heteroatoms. The first-order chi connectivity index (χ1) is 14.5. The zero-order chi connectivity index (χ0) is 21.3. The Labute approximate surface area is 180 Å². The molecule has 150 valence electrons. The van der Waals surface area contributed by atoms with Crippen molar-refractivity contribution in [1.82, 2.24) is 4.37 Å². The van der Waals surface area contributed by atoms with Gasteiger partial charge in [0.05, 0.1) is 28.3 Å². The Morgan fingerprint density at radius 3 is 2.40 bits per heavy atom. The number of ketones is 1. The summed E-state index contributed by atoms with van der Waals surface area (Å²) in [6.07, 6.45) is 0. The van der Waals surface area contributed by atoms with Crippen LogP contribution in [0.25, 0.3) is 21.7 Å². The predicted octanol–water partition coefficient (Wildman–Crippen LogP) is 6.65. The molecular formula is C23H14ClF2NO2S. The highest BCUT2D eigenvalue weighted by atomic mass is 35.5. The number of carbonyl (C=O) groups is 1. The van der Waals surface area contributed by atoms with Gasteiger partial charge >= 0.3 is 0 Å². The number of hydrogen-bond acceptors (Lipinski definition) is 4. The lowest BCUT2D eigenvalue weighted by molar-refractivity contribution is 0.103. The molecule has 0 aliphatic heterocycles. The first-order valence-electron chi connectivity index (χ1n) is 8.88. The van der Waals surface area contributed by atoms with E-state index in [-0.39, 0.29) is 11.1 Å². The van der Waals surface area contributed by atoms with Gasteiger partial charge in [0, 0.05) is 11.1 Å². The molecule has 30 heavy (non-hydrogen) atoms. The first-order valence-corrected chi connectivity index (χ1v) is 10.0. The molecule has 0 spiro atoms. The van der Waals surface area contributed by atoms with Gasteiger partial charge in [-0.05, 0) is 65.6 Å². The summed E-state index contributed by atoms with van der Waals surface area (Å²) in [5.74, 6) is -1.91. The molecule has 4 aromatic rings. The van der Waals surface area contributed by atoms with Crippen molar-refractivity contribution >= 4 is 28.9 Å². The molecule has 0 amide bonds. The van der Waals surface area contributed by atoms with Crippen molar-refractivity contribution in [2.45, 2.75) is 0 Å². The molecule has 0 unspecified atom stereocenters. The molecule has 0 fully saturated rings. The molecule has 0 aliphatic rings. The molecular weight excluding hydrogens is 428 g/mol. The fourth-order valence-corrected chi connectivity index (χ4v) is 4.18. The SMILES string of the molecule is COc1ccc(-c2snc(-c3ccccc3Cl)c2C(=O)c2ccc(F)c(F)c2)cc1. The van der Waals surface area contributed by atoms with Crippen LogP contribution in [0.1, 0.15) is 15.9 Å². The third-order valence-corrected chi connectivity index (χ3v) is 5.81. The minimum absolute atomic E-state index is 0.0252. The number of nitrogens with zero attached hydrogens (tertiary/aromatic N) is 1. The van der Waals surface area contributed by atoms with E-state index in [1.165, 1.54) is 6.07 Å². The van der Waals surface area contributed by atoms with E-state index in [9.17, 15) is 13.6 Å². The summed E-state index contributed by atoms with van der Waals surface area (Å²) in [5, 5.41) is 0.434. The van der Waals surface area contributed by atoms with Crippen LogP contribution in [0.3, 0.4) is 0 Å². The van der Waals surface area contributed by atoms with Crippen molar-refractivity contribution in [2.24, 2.45) is 0 Å². The Kier molecular flexibility index (Phi) is 5.61. The normalized spacial score (nSPS) is 10.8. The predicted molar refractivity (Wildman–Crippen MR) is 114 cm³/mol. The summed E-state index contributed by atoms with van der Waals surface area (Å²) < 4.78 is 36.9. The molecule has 1 heterocycles. The minimum Gasteiger partial charge on any atom is -0.497 e. The molecule has 0 atom stereocenters. The molecule has 0 radical (unpaired) electrons. The second-order valence-corrected chi connectivity index (χ2v) is 7.58. The lowest BCUT2D eigenvalue weighted by Gasteiger charge is -2.08. The quantitative estimate of drug-likeness (QED) is 0.325. The summed E-state index contributed by atoms with van der Waals surface area (Å²) in [6.45, 7) is 0. The summed E-state index contributed by atoms with van der Waals surface area (Å²) in [7, 11) is 1.56. The van der Waals surface area contributed by atoms with Gasteiger partial charge in [-0.25, -0.2) is 8.78 Å². The number of hydrogen-bond donors (Lipinski definition) is 0. The molecule has 1 aromatic heterocycles. The highest BCUT2D eigenvalue weighted by Gasteiger charge is 2.25. The van der Waals surface area contributed by atoms with Crippen LogP contribution in [0.15, 0.2) is 66.7 Å². The average Bonchev–Trinajstić information content (AvgIpc) is 3.20. The Balaban J connectivity index is 1.92. The van der Waals surface area contributed by atoms with Gasteiger partial charge in [-0.2, -0.15) is 4.37 Å². The minimum atomic E-state index is -1.09. The van der Waals surface area contributed by atoms with Crippen molar-refractivity contribution in [3.63, 3.8) is 0 Å². The summed E-state index contributed by atoms with van der Waals surface area (Å²) in [4.78, 5) is 14.0. The molecule has 0 bridgehead atoms. The van der Waals surface area contributed by atoms with Gasteiger partial charge in [-0.15, -0.1) is 0 Å². The Morgan fingerprint density at radius 2 is 1.73 bits per heavy atom. The fourth-order valence-electron chi connectivity index (χ4n) is 3.06. The van der Waals surface area contributed by atoms with Crippen molar-refractivity contribution in [3.05, 3.63) is 94.5 Å². The van der Waals surface area contributed by atoms with Gasteiger partial charge in [-0.3, -0.25) is 4.79 Å². The van der Waals surface area contributed by atoms with E-state index in [1.54, 1.807) is 43.5 Å². The lowest BCUT2D eigenvalue weighted by atomic mass is 9.96. The van der Waals surface area contributed by atoms with Crippen LogP contribution < -0.4 is 4.74 Å². The second-order valence-electron chi connectivity index (χ2n) is 6.40. The van der Waals surface area contributed by atoms with E-state index >= 15 is 0 Å². The third kappa shape index (κ3) is 3.72. The van der Waals surface area contributed by atoms with Crippen LogP contribution >= 0.6 is 23.1 Å². The number of benzene rings is 3. The number of carbonyl (C=O) groups excluding carboxylic acids is 1. The van der Waals surface area contributed by atoms with Gasteiger partial charge in [0.15, 0.2) is 17.4 Å².